The van der Waals surface area contributed by atoms with Crippen molar-refractivity contribution in [1.29, 1.82) is 0 Å². The van der Waals surface area contributed by atoms with Gasteiger partial charge in [0.15, 0.2) is 10.8 Å². The molecule has 5 rings (SSSR count). The SMILES string of the molecule is Cc1cc(=O)n2[nH]c(Nc3ccccc3)c(C(=O)Nc3nc(-c4ccccc4)cs3)c2n1. The first-order valence-corrected chi connectivity index (χ1v) is 10.7. The largest absolute Gasteiger partial charge is 0.340 e. The molecular formula is C23H18N6O2S. The lowest BCUT2D eigenvalue weighted by Gasteiger charge is -2.06. The summed E-state index contributed by atoms with van der Waals surface area (Å²) in [5, 5.41) is 11.3. The van der Waals surface area contributed by atoms with Crippen LogP contribution in [-0.2, 0) is 0 Å². The van der Waals surface area contributed by atoms with Gasteiger partial charge in [0.25, 0.3) is 11.5 Å². The Hall–Kier alpha value is -4.24. The maximum atomic E-state index is 13.3. The number of nitrogens with zero attached hydrogens (tertiary/aromatic N) is 3. The second kappa shape index (κ2) is 8.12. The van der Waals surface area contributed by atoms with Crippen LogP contribution in [-0.4, -0.2) is 25.5 Å². The van der Waals surface area contributed by atoms with Gasteiger partial charge in [-0.1, -0.05) is 48.5 Å². The maximum Gasteiger partial charge on any atom is 0.272 e. The number of para-hydroxylation sites is 1. The highest BCUT2D eigenvalue weighted by Gasteiger charge is 2.23. The number of aryl methyl sites for hydroxylation is 1. The zero-order valence-corrected chi connectivity index (χ0v) is 17.8. The molecule has 1 amide bonds. The van der Waals surface area contributed by atoms with E-state index in [0.29, 0.717) is 16.6 Å². The minimum atomic E-state index is -0.423. The average molecular weight is 443 g/mol. The van der Waals surface area contributed by atoms with E-state index in [1.807, 2.05) is 66.0 Å². The topological polar surface area (TPSA) is 104 Å². The molecule has 0 aliphatic heterocycles. The van der Waals surface area contributed by atoms with Gasteiger partial charge in [0.05, 0.1) is 5.69 Å². The molecule has 3 heterocycles. The highest BCUT2D eigenvalue weighted by molar-refractivity contribution is 7.14. The monoisotopic (exact) mass is 442 g/mol. The van der Waals surface area contributed by atoms with Gasteiger partial charge >= 0.3 is 0 Å². The fourth-order valence-electron chi connectivity index (χ4n) is 3.36. The first-order chi connectivity index (χ1) is 15.6. The van der Waals surface area contributed by atoms with Gasteiger partial charge in [-0.2, -0.15) is 4.52 Å². The van der Waals surface area contributed by atoms with Crippen LogP contribution in [0.1, 0.15) is 16.1 Å². The molecule has 0 saturated heterocycles. The molecule has 5 aromatic rings. The number of fused-ring (bicyclic) bond motifs is 1. The number of anilines is 3. The molecule has 3 N–H and O–H groups in total. The van der Waals surface area contributed by atoms with Gasteiger partial charge < -0.3 is 5.32 Å². The van der Waals surface area contributed by atoms with E-state index in [0.717, 1.165) is 16.9 Å². The van der Waals surface area contributed by atoms with Crippen LogP contribution in [0.25, 0.3) is 16.9 Å². The summed E-state index contributed by atoms with van der Waals surface area (Å²) in [5.41, 5.74) is 3.19. The van der Waals surface area contributed by atoms with Crippen LogP contribution in [0.15, 0.2) is 76.9 Å². The molecular weight excluding hydrogens is 424 g/mol. The molecule has 0 unspecified atom stereocenters. The molecule has 0 fully saturated rings. The summed E-state index contributed by atoms with van der Waals surface area (Å²) in [5.74, 6) is -0.0580. The highest BCUT2D eigenvalue weighted by atomic mass is 32.1. The Kier molecular flexibility index (Phi) is 5.00. The lowest BCUT2D eigenvalue weighted by Crippen LogP contribution is -2.17. The van der Waals surface area contributed by atoms with E-state index in [1.54, 1.807) is 6.92 Å². The predicted molar refractivity (Wildman–Crippen MR) is 126 cm³/mol. The summed E-state index contributed by atoms with van der Waals surface area (Å²) in [7, 11) is 0. The quantitative estimate of drug-likeness (QED) is 0.373. The van der Waals surface area contributed by atoms with E-state index in [4.69, 9.17) is 0 Å². The number of carbonyl (C=O) groups is 1. The number of aromatic nitrogens is 4. The Morgan fingerprint density at radius 3 is 2.50 bits per heavy atom. The van der Waals surface area contributed by atoms with Gasteiger partial charge in [-0.25, -0.2) is 9.97 Å². The maximum absolute atomic E-state index is 13.3. The van der Waals surface area contributed by atoms with E-state index in [9.17, 15) is 9.59 Å². The Morgan fingerprint density at radius 2 is 1.75 bits per heavy atom. The first kappa shape index (κ1) is 19.7. The summed E-state index contributed by atoms with van der Waals surface area (Å²) in [4.78, 5) is 34.7. The van der Waals surface area contributed by atoms with Gasteiger partial charge in [-0.3, -0.25) is 20.0 Å². The Balaban J connectivity index is 1.53. The van der Waals surface area contributed by atoms with Crippen LogP contribution in [0.3, 0.4) is 0 Å². The van der Waals surface area contributed by atoms with Crippen molar-refractivity contribution in [1.82, 2.24) is 19.6 Å². The Bertz CT molecular complexity index is 1470. The Labute approximate surface area is 186 Å². The number of carbonyl (C=O) groups excluding carboxylic acids is 1. The van der Waals surface area contributed by atoms with Crippen LogP contribution in [0, 0.1) is 6.92 Å². The molecule has 0 atom stereocenters. The lowest BCUT2D eigenvalue weighted by molar-refractivity contribution is 0.102. The molecule has 3 aromatic heterocycles. The van der Waals surface area contributed by atoms with Crippen LogP contribution < -0.4 is 16.2 Å². The third-order valence-corrected chi connectivity index (χ3v) is 5.57. The lowest BCUT2D eigenvalue weighted by atomic mass is 10.2. The molecule has 8 nitrogen and oxygen atoms in total. The molecule has 0 aliphatic rings. The van der Waals surface area contributed by atoms with Crippen molar-refractivity contribution >= 4 is 39.5 Å². The minimum absolute atomic E-state index is 0.228. The number of aromatic amines is 1. The van der Waals surface area contributed by atoms with Crippen molar-refractivity contribution in [3.05, 3.63) is 93.7 Å². The number of hydrogen-bond acceptors (Lipinski definition) is 6. The van der Waals surface area contributed by atoms with E-state index in [2.05, 4.69) is 25.7 Å². The van der Waals surface area contributed by atoms with Crippen LogP contribution in [0.2, 0.25) is 0 Å². The summed E-state index contributed by atoms with van der Waals surface area (Å²) in [6.45, 7) is 1.72. The van der Waals surface area contributed by atoms with Crippen molar-refractivity contribution in [3.8, 4) is 11.3 Å². The van der Waals surface area contributed by atoms with Crippen LogP contribution >= 0.6 is 11.3 Å². The molecule has 0 bridgehead atoms. The van der Waals surface area contributed by atoms with Gasteiger partial charge in [-0.15, -0.1) is 11.3 Å². The van der Waals surface area contributed by atoms with Crippen molar-refractivity contribution in [3.63, 3.8) is 0 Å². The second-order valence-corrected chi connectivity index (χ2v) is 7.96. The molecule has 0 spiro atoms. The number of nitrogens with one attached hydrogen (secondary N) is 3. The Morgan fingerprint density at radius 1 is 1.03 bits per heavy atom. The smallest absolute Gasteiger partial charge is 0.272 e. The number of benzene rings is 2. The first-order valence-electron chi connectivity index (χ1n) is 9.85. The predicted octanol–water partition coefficient (Wildman–Crippen LogP) is 4.45. The van der Waals surface area contributed by atoms with Gasteiger partial charge in [0, 0.05) is 28.4 Å². The molecule has 2 aromatic carbocycles. The second-order valence-electron chi connectivity index (χ2n) is 7.11. The minimum Gasteiger partial charge on any atom is -0.340 e. The summed E-state index contributed by atoms with van der Waals surface area (Å²) < 4.78 is 1.25. The molecule has 9 heteroatoms. The van der Waals surface area contributed by atoms with E-state index in [1.165, 1.54) is 21.9 Å². The van der Waals surface area contributed by atoms with Gasteiger partial charge in [-0.05, 0) is 19.1 Å². The molecule has 32 heavy (non-hydrogen) atoms. The standard InChI is InChI=1S/C23H18N6O2S/c1-14-12-18(30)29-21(24-14)19(20(28-29)25-16-10-6-3-7-11-16)22(31)27-23-26-17(13-32-23)15-8-4-2-5-9-15/h2-13,25,28H,1H3,(H,26,27,31). The van der Waals surface area contributed by atoms with Crippen LogP contribution in [0.4, 0.5) is 16.6 Å². The van der Waals surface area contributed by atoms with E-state index in [-0.39, 0.29) is 16.8 Å². The molecule has 0 saturated carbocycles. The van der Waals surface area contributed by atoms with Crippen molar-refractivity contribution in [2.24, 2.45) is 0 Å². The third kappa shape index (κ3) is 3.77. The zero-order valence-electron chi connectivity index (χ0n) is 17.0. The third-order valence-electron chi connectivity index (χ3n) is 4.81. The van der Waals surface area contributed by atoms with Gasteiger partial charge in [0.1, 0.15) is 11.4 Å². The summed E-state index contributed by atoms with van der Waals surface area (Å²) in [6, 6.07) is 20.5. The number of thiazole rings is 1. The molecule has 0 aliphatic carbocycles. The summed E-state index contributed by atoms with van der Waals surface area (Å²) in [6.07, 6.45) is 0. The molecule has 0 radical (unpaired) electrons. The average Bonchev–Trinajstić information content (AvgIpc) is 3.40. The van der Waals surface area contributed by atoms with E-state index < -0.39 is 5.91 Å². The van der Waals surface area contributed by atoms with E-state index >= 15 is 0 Å². The van der Waals surface area contributed by atoms with Crippen LogP contribution in [0.5, 0.6) is 0 Å². The number of H-pyrrole nitrogens is 1. The van der Waals surface area contributed by atoms with Crippen molar-refractivity contribution < 1.29 is 4.79 Å². The fourth-order valence-corrected chi connectivity index (χ4v) is 4.07. The summed E-state index contributed by atoms with van der Waals surface area (Å²) >= 11 is 1.33. The number of amides is 1. The van der Waals surface area contributed by atoms with Crippen molar-refractivity contribution in [2.45, 2.75) is 6.92 Å². The highest BCUT2D eigenvalue weighted by Crippen LogP contribution is 2.27. The van der Waals surface area contributed by atoms with Gasteiger partial charge in [0.2, 0.25) is 0 Å². The zero-order chi connectivity index (χ0) is 22.1. The fraction of sp³-hybridized carbons (Fsp3) is 0.0435. The number of hydrogen-bond donors (Lipinski definition) is 3. The number of rotatable bonds is 5. The normalized spacial score (nSPS) is 10.9. The van der Waals surface area contributed by atoms with Crippen molar-refractivity contribution in [2.75, 3.05) is 10.6 Å². The molecule has 158 valence electrons.